The van der Waals surface area contributed by atoms with Gasteiger partial charge < -0.3 is 4.57 Å². The zero-order valence-electron chi connectivity index (χ0n) is 12.1. The molecule has 0 amide bonds. The van der Waals surface area contributed by atoms with E-state index in [-0.39, 0.29) is 16.2 Å². The molecule has 0 spiro atoms. The lowest BCUT2D eigenvalue weighted by atomic mass is 10.3. The zero-order valence-corrected chi connectivity index (χ0v) is 15.3. The lowest BCUT2D eigenvalue weighted by Gasteiger charge is -2.01. The van der Waals surface area contributed by atoms with E-state index < -0.39 is 15.8 Å². The third-order valence-electron chi connectivity index (χ3n) is 3.20. The van der Waals surface area contributed by atoms with Gasteiger partial charge in [0.05, 0.1) is 21.7 Å². The minimum Gasteiger partial charge on any atom is -0.304 e. The summed E-state index contributed by atoms with van der Waals surface area (Å²) in [4.78, 5) is 0.195. The Morgan fingerprint density at radius 1 is 1.25 bits per heavy atom. The molecule has 0 bridgehead atoms. The summed E-state index contributed by atoms with van der Waals surface area (Å²) in [5.74, 6) is 1.99. The number of hydrogen-bond donors (Lipinski definition) is 0. The van der Waals surface area contributed by atoms with E-state index >= 15 is 0 Å². The monoisotopic (exact) mass is 424 g/mol. The number of hydrogen-bond acceptors (Lipinski definition) is 3. The molecule has 0 unspecified atom stereocenters. The molecule has 0 radical (unpaired) electrons. The summed E-state index contributed by atoms with van der Waals surface area (Å²) in [7, 11) is -3.96. The van der Waals surface area contributed by atoms with Crippen molar-refractivity contribution in [1.29, 1.82) is 0 Å². The van der Waals surface area contributed by atoms with Crippen LogP contribution in [0.5, 0.6) is 0 Å². The summed E-state index contributed by atoms with van der Waals surface area (Å²) in [6.07, 6.45) is 5.39. The lowest BCUT2D eigenvalue weighted by molar-refractivity contribution is 0.594. The highest BCUT2D eigenvalue weighted by atomic mass is 79.9. The predicted molar refractivity (Wildman–Crippen MR) is 95.5 cm³/mol. The van der Waals surface area contributed by atoms with Crippen LogP contribution in [0, 0.1) is 18.2 Å². The van der Waals surface area contributed by atoms with Gasteiger partial charge in [0.15, 0.2) is 0 Å². The van der Waals surface area contributed by atoms with Gasteiger partial charge in [-0.3, -0.25) is 0 Å². The third kappa shape index (κ3) is 3.29. The largest absolute Gasteiger partial charge is 0.304 e. The lowest BCUT2D eigenvalue weighted by Crippen LogP contribution is -2.16. The Balaban J connectivity index is 2.24. The minimum absolute atomic E-state index is 0.0743. The number of terminal acetylenes is 1. The van der Waals surface area contributed by atoms with Crippen molar-refractivity contribution in [3.63, 3.8) is 0 Å². The van der Waals surface area contributed by atoms with Crippen molar-refractivity contribution in [2.45, 2.75) is 11.4 Å². The van der Waals surface area contributed by atoms with Gasteiger partial charge in [-0.1, -0.05) is 33.2 Å². The minimum atomic E-state index is -3.96. The number of sulfonamides is 1. The molecule has 0 saturated carbocycles. The molecule has 8 heteroatoms. The summed E-state index contributed by atoms with van der Waals surface area (Å²) >= 11 is 4.60. The molecular formula is C16H10BrFN2O2S2. The molecule has 0 fully saturated rings. The van der Waals surface area contributed by atoms with E-state index in [0.717, 1.165) is 26.8 Å². The van der Waals surface area contributed by atoms with Gasteiger partial charge in [0.2, 0.25) is 4.80 Å². The van der Waals surface area contributed by atoms with Crippen molar-refractivity contribution in [3.8, 4) is 12.3 Å². The normalized spacial score (nSPS) is 12.5. The summed E-state index contributed by atoms with van der Waals surface area (Å²) in [5.41, 5.74) is 0.800. The fourth-order valence-corrected chi connectivity index (χ4v) is 4.91. The molecular weight excluding hydrogens is 415 g/mol. The van der Waals surface area contributed by atoms with E-state index in [1.165, 1.54) is 23.5 Å². The molecule has 4 nitrogen and oxygen atoms in total. The van der Waals surface area contributed by atoms with E-state index in [2.05, 4.69) is 26.2 Å². The SMILES string of the molecule is C#CCn1/c(=N/S(=O)(=O)c2ccc(F)cc2)sc2cc(Br)ccc21. The van der Waals surface area contributed by atoms with E-state index in [4.69, 9.17) is 6.42 Å². The number of aromatic nitrogens is 1. The van der Waals surface area contributed by atoms with Gasteiger partial charge in [-0.05, 0) is 42.5 Å². The first kappa shape index (κ1) is 16.9. The van der Waals surface area contributed by atoms with Gasteiger partial charge in [-0.25, -0.2) is 4.39 Å². The number of benzene rings is 2. The standard InChI is InChI=1S/C16H10BrFN2O2S2/c1-2-9-20-14-8-3-11(17)10-15(14)23-16(20)19-24(21,22)13-6-4-12(18)5-7-13/h1,3-8,10H,9H2/b19-16-. The van der Waals surface area contributed by atoms with E-state index in [0.29, 0.717) is 0 Å². The number of rotatable bonds is 3. The van der Waals surface area contributed by atoms with E-state index in [1.54, 1.807) is 4.57 Å². The van der Waals surface area contributed by atoms with Crippen LogP contribution in [0.2, 0.25) is 0 Å². The Morgan fingerprint density at radius 2 is 1.96 bits per heavy atom. The number of thiazole rings is 1. The van der Waals surface area contributed by atoms with Crippen LogP contribution in [0.15, 0.2) is 56.2 Å². The molecule has 0 aliphatic carbocycles. The second kappa shape index (κ2) is 6.51. The molecule has 0 aliphatic rings. The van der Waals surface area contributed by atoms with Gasteiger partial charge in [-0.15, -0.1) is 10.8 Å². The van der Waals surface area contributed by atoms with Gasteiger partial charge >= 0.3 is 0 Å². The molecule has 0 aliphatic heterocycles. The number of halogens is 2. The Labute approximate surface area is 150 Å². The molecule has 3 aromatic rings. The average molecular weight is 425 g/mol. The molecule has 3 rings (SSSR count). The molecule has 24 heavy (non-hydrogen) atoms. The van der Waals surface area contributed by atoms with Gasteiger partial charge in [0, 0.05) is 4.47 Å². The fraction of sp³-hybridized carbons (Fsp3) is 0.0625. The van der Waals surface area contributed by atoms with Crippen LogP contribution in [-0.2, 0) is 16.6 Å². The van der Waals surface area contributed by atoms with Crippen molar-refractivity contribution in [2.75, 3.05) is 0 Å². The van der Waals surface area contributed by atoms with Gasteiger partial charge in [-0.2, -0.15) is 8.42 Å². The second-order valence-corrected chi connectivity index (χ2v) is 8.34. The van der Waals surface area contributed by atoms with Crippen LogP contribution in [-0.4, -0.2) is 13.0 Å². The first-order chi connectivity index (χ1) is 11.4. The Hall–Kier alpha value is -1.95. The van der Waals surface area contributed by atoms with Crippen LogP contribution >= 0.6 is 27.3 Å². The maximum absolute atomic E-state index is 13.0. The quantitative estimate of drug-likeness (QED) is 0.603. The molecule has 2 aromatic carbocycles. The van der Waals surface area contributed by atoms with E-state index in [9.17, 15) is 12.8 Å². The van der Waals surface area contributed by atoms with Gasteiger partial charge in [0.1, 0.15) is 5.82 Å². The number of nitrogens with zero attached hydrogens (tertiary/aromatic N) is 2. The highest BCUT2D eigenvalue weighted by molar-refractivity contribution is 9.10. The van der Waals surface area contributed by atoms with Crippen LogP contribution in [0.25, 0.3) is 10.2 Å². The van der Waals surface area contributed by atoms with E-state index in [1.807, 2.05) is 18.2 Å². The van der Waals surface area contributed by atoms with Crippen molar-refractivity contribution in [1.82, 2.24) is 4.57 Å². The summed E-state index contributed by atoms with van der Waals surface area (Å²) in [5, 5.41) is 0. The van der Waals surface area contributed by atoms with Crippen LogP contribution in [0.1, 0.15) is 0 Å². The summed E-state index contributed by atoms with van der Waals surface area (Å²) in [6.45, 7) is 0.194. The molecule has 0 saturated heterocycles. The van der Waals surface area contributed by atoms with Crippen LogP contribution in [0.4, 0.5) is 4.39 Å². The van der Waals surface area contributed by atoms with Crippen molar-refractivity contribution >= 4 is 47.5 Å². The predicted octanol–water partition coefficient (Wildman–Crippen LogP) is 3.53. The molecule has 0 atom stereocenters. The summed E-state index contributed by atoms with van der Waals surface area (Å²) in [6, 6.07) is 10.1. The molecule has 1 aromatic heterocycles. The summed E-state index contributed by atoms with van der Waals surface area (Å²) < 4.78 is 45.2. The Bertz CT molecular complexity index is 1120. The first-order valence-corrected chi connectivity index (χ1v) is 9.74. The fourth-order valence-electron chi connectivity index (χ4n) is 2.12. The maximum atomic E-state index is 13.0. The molecule has 122 valence electrons. The van der Waals surface area contributed by atoms with Crippen LogP contribution < -0.4 is 4.80 Å². The zero-order chi connectivity index (χ0) is 17.3. The molecule has 0 N–H and O–H groups in total. The third-order valence-corrected chi connectivity index (χ3v) is 6.14. The Kier molecular flexibility index (Phi) is 4.58. The highest BCUT2D eigenvalue weighted by Crippen LogP contribution is 2.22. The smallest absolute Gasteiger partial charge is 0.285 e. The molecule has 1 heterocycles. The topological polar surface area (TPSA) is 51.4 Å². The first-order valence-electron chi connectivity index (χ1n) is 6.69. The van der Waals surface area contributed by atoms with Crippen molar-refractivity contribution in [2.24, 2.45) is 4.40 Å². The number of fused-ring (bicyclic) bond motifs is 1. The second-order valence-electron chi connectivity index (χ2n) is 4.81. The maximum Gasteiger partial charge on any atom is 0.285 e. The highest BCUT2D eigenvalue weighted by Gasteiger charge is 2.15. The Morgan fingerprint density at radius 3 is 2.62 bits per heavy atom. The van der Waals surface area contributed by atoms with Gasteiger partial charge in [0.25, 0.3) is 10.0 Å². The van der Waals surface area contributed by atoms with Crippen molar-refractivity contribution < 1.29 is 12.8 Å². The van der Waals surface area contributed by atoms with Crippen LogP contribution in [0.3, 0.4) is 0 Å². The van der Waals surface area contributed by atoms with Crippen molar-refractivity contribution in [3.05, 3.63) is 57.6 Å². The average Bonchev–Trinajstić information content (AvgIpc) is 2.84.